The van der Waals surface area contributed by atoms with Gasteiger partial charge in [0.25, 0.3) is 0 Å². The molecule has 0 radical (unpaired) electrons. The zero-order valence-corrected chi connectivity index (χ0v) is 20.5. The average Bonchev–Trinajstić information content (AvgIpc) is 2.70. The highest BCUT2D eigenvalue weighted by Crippen LogP contribution is 2.14. The first-order valence-corrected chi connectivity index (χ1v) is 13.3. The van der Waals surface area contributed by atoms with Crippen LogP contribution in [0, 0.1) is 5.92 Å². The summed E-state index contributed by atoms with van der Waals surface area (Å²) in [6, 6.07) is 0. The summed E-state index contributed by atoms with van der Waals surface area (Å²) in [6.45, 7) is 7.51. The van der Waals surface area contributed by atoms with Gasteiger partial charge in [0.05, 0.1) is 6.61 Å². The Balaban J connectivity index is 3.15. The number of hydrogen-bond acceptors (Lipinski definition) is 2. The molecule has 0 aromatic carbocycles. The van der Waals surface area contributed by atoms with Gasteiger partial charge in [-0.1, -0.05) is 136 Å². The van der Waals surface area contributed by atoms with Crippen molar-refractivity contribution in [3.8, 4) is 0 Å². The van der Waals surface area contributed by atoms with Crippen LogP contribution in [0.2, 0.25) is 0 Å². The monoisotopic (exact) mass is 410 g/mol. The second-order valence-electron chi connectivity index (χ2n) is 9.52. The van der Waals surface area contributed by atoms with E-state index in [0.717, 1.165) is 18.8 Å². The summed E-state index contributed by atoms with van der Waals surface area (Å²) < 4.78 is 5.37. The molecule has 2 heteroatoms. The summed E-state index contributed by atoms with van der Waals surface area (Å²) >= 11 is 0. The zero-order chi connectivity index (χ0) is 21.4. The van der Waals surface area contributed by atoms with Gasteiger partial charge in [0.2, 0.25) is 0 Å². The number of unbranched alkanes of at least 4 members (excludes halogenated alkanes) is 17. The van der Waals surface area contributed by atoms with Gasteiger partial charge in [-0.15, -0.1) is 0 Å². The molecule has 174 valence electrons. The molecule has 0 saturated carbocycles. The van der Waals surface area contributed by atoms with Crippen molar-refractivity contribution in [2.75, 3.05) is 6.61 Å². The third-order valence-electron chi connectivity index (χ3n) is 5.92. The summed E-state index contributed by atoms with van der Waals surface area (Å²) in [5, 5.41) is 0. The minimum atomic E-state index is 0.0192. The average molecular weight is 411 g/mol. The highest BCUT2D eigenvalue weighted by atomic mass is 16.5. The number of carbonyl (C=O) groups is 1. The Morgan fingerprint density at radius 3 is 1.48 bits per heavy atom. The van der Waals surface area contributed by atoms with Crippen molar-refractivity contribution >= 4 is 5.97 Å². The van der Waals surface area contributed by atoms with Crippen molar-refractivity contribution in [3.63, 3.8) is 0 Å². The van der Waals surface area contributed by atoms with Crippen LogP contribution in [0.25, 0.3) is 0 Å². The summed E-state index contributed by atoms with van der Waals surface area (Å²) in [6.07, 6.45) is 27.0. The smallest absolute Gasteiger partial charge is 0.305 e. The second kappa shape index (κ2) is 23.7. The Morgan fingerprint density at radius 2 is 1.00 bits per heavy atom. The van der Waals surface area contributed by atoms with Crippen LogP contribution < -0.4 is 0 Å². The first kappa shape index (κ1) is 28.5. The van der Waals surface area contributed by atoms with Crippen molar-refractivity contribution in [2.24, 2.45) is 5.92 Å². The molecule has 0 spiro atoms. The molecule has 0 amide bonds. The Bertz CT molecular complexity index is 324. The van der Waals surface area contributed by atoms with Gasteiger partial charge in [-0.2, -0.15) is 0 Å². The fourth-order valence-corrected chi connectivity index (χ4v) is 3.91. The van der Waals surface area contributed by atoms with Crippen LogP contribution in [0.5, 0.6) is 0 Å². The van der Waals surface area contributed by atoms with Gasteiger partial charge in [0.1, 0.15) is 0 Å². The van der Waals surface area contributed by atoms with Gasteiger partial charge in [-0.25, -0.2) is 0 Å². The van der Waals surface area contributed by atoms with Crippen LogP contribution in [0.1, 0.15) is 156 Å². The Kier molecular flexibility index (Phi) is 23.3. The van der Waals surface area contributed by atoms with Gasteiger partial charge in [0, 0.05) is 6.42 Å². The minimum Gasteiger partial charge on any atom is -0.466 e. The van der Waals surface area contributed by atoms with Gasteiger partial charge >= 0.3 is 5.97 Å². The summed E-state index contributed by atoms with van der Waals surface area (Å²) in [7, 11) is 0. The van der Waals surface area contributed by atoms with Crippen molar-refractivity contribution in [2.45, 2.75) is 156 Å². The summed E-state index contributed by atoms with van der Waals surface area (Å²) in [5.74, 6) is 0.866. The molecule has 0 saturated heterocycles. The lowest BCUT2D eigenvalue weighted by Crippen LogP contribution is -2.05. The maximum Gasteiger partial charge on any atom is 0.305 e. The first-order valence-electron chi connectivity index (χ1n) is 13.3. The van der Waals surface area contributed by atoms with Crippen molar-refractivity contribution in [1.82, 2.24) is 0 Å². The second-order valence-corrected chi connectivity index (χ2v) is 9.52. The highest BCUT2D eigenvalue weighted by molar-refractivity contribution is 5.69. The van der Waals surface area contributed by atoms with Gasteiger partial charge in [0.15, 0.2) is 0 Å². The van der Waals surface area contributed by atoms with Crippen LogP contribution in [0.15, 0.2) is 0 Å². The topological polar surface area (TPSA) is 26.3 Å². The Hall–Kier alpha value is -0.530. The van der Waals surface area contributed by atoms with Crippen LogP contribution in [-0.2, 0) is 9.53 Å². The maximum atomic E-state index is 11.8. The molecule has 0 aliphatic rings. The third-order valence-corrected chi connectivity index (χ3v) is 5.92. The highest BCUT2D eigenvalue weighted by Gasteiger charge is 2.02. The minimum absolute atomic E-state index is 0.0192. The lowest BCUT2D eigenvalue weighted by Gasteiger charge is -2.06. The van der Waals surface area contributed by atoms with Crippen LogP contribution in [-0.4, -0.2) is 12.6 Å². The number of hydrogen-bond donors (Lipinski definition) is 0. The molecule has 0 aromatic heterocycles. The van der Waals surface area contributed by atoms with E-state index in [-0.39, 0.29) is 5.97 Å². The summed E-state index contributed by atoms with van der Waals surface area (Å²) in [5.41, 5.74) is 0. The van der Waals surface area contributed by atoms with Crippen molar-refractivity contribution in [3.05, 3.63) is 0 Å². The lowest BCUT2D eigenvalue weighted by molar-refractivity contribution is -0.143. The van der Waals surface area contributed by atoms with E-state index in [1.807, 2.05) is 0 Å². The van der Waals surface area contributed by atoms with Crippen molar-refractivity contribution < 1.29 is 9.53 Å². The molecule has 0 atom stereocenters. The molecule has 0 unspecified atom stereocenters. The molecular weight excluding hydrogens is 356 g/mol. The van der Waals surface area contributed by atoms with E-state index in [9.17, 15) is 4.79 Å². The predicted molar refractivity (Wildman–Crippen MR) is 128 cm³/mol. The van der Waals surface area contributed by atoms with Gasteiger partial charge in [-0.3, -0.25) is 4.79 Å². The van der Waals surface area contributed by atoms with E-state index in [1.165, 1.54) is 116 Å². The van der Waals surface area contributed by atoms with Crippen LogP contribution in [0.3, 0.4) is 0 Å². The predicted octanol–water partition coefficient (Wildman–Crippen LogP) is 9.40. The largest absolute Gasteiger partial charge is 0.466 e. The third kappa shape index (κ3) is 25.4. The molecule has 0 aliphatic heterocycles. The maximum absolute atomic E-state index is 11.8. The fourth-order valence-electron chi connectivity index (χ4n) is 3.91. The molecular formula is C27H54O2. The molecule has 29 heavy (non-hydrogen) atoms. The van der Waals surface area contributed by atoms with E-state index in [2.05, 4.69) is 20.8 Å². The number of rotatable bonds is 23. The molecule has 0 heterocycles. The number of ether oxygens (including phenoxy) is 1. The molecule has 2 nitrogen and oxygen atoms in total. The SMILES string of the molecule is CCCCCCCCCCCCCCC(=O)OCCCCCCCCCC(C)C. The van der Waals surface area contributed by atoms with E-state index < -0.39 is 0 Å². The normalized spacial score (nSPS) is 11.3. The molecule has 0 fully saturated rings. The molecule has 0 bridgehead atoms. The summed E-state index contributed by atoms with van der Waals surface area (Å²) in [4.78, 5) is 11.8. The lowest BCUT2D eigenvalue weighted by atomic mass is 10.0. The van der Waals surface area contributed by atoms with Crippen LogP contribution in [0.4, 0.5) is 0 Å². The molecule has 0 aromatic rings. The zero-order valence-electron chi connectivity index (χ0n) is 20.5. The van der Waals surface area contributed by atoms with E-state index >= 15 is 0 Å². The van der Waals surface area contributed by atoms with E-state index in [0.29, 0.717) is 13.0 Å². The van der Waals surface area contributed by atoms with Crippen LogP contribution >= 0.6 is 0 Å². The Morgan fingerprint density at radius 1 is 0.586 bits per heavy atom. The molecule has 0 rings (SSSR count). The number of carbonyl (C=O) groups excluding carboxylic acids is 1. The standard InChI is InChI=1S/C27H54O2/c1-4-5-6-7-8-9-10-11-12-15-18-21-24-27(28)29-25-22-19-16-13-14-17-20-23-26(2)3/h26H,4-25H2,1-3H3. The van der Waals surface area contributed by atoms with E-state index in [1.54, 1.807) is 0 Å². The quantitative estimate of drug-likeness (QED) is 0.124. The first-order chi connectivity index (χ1) is 14.2. The molecule has 0 N–H and O–H groups in total. The fraction of sp³-hybridized carbons (Fsp3) is 0.963. The van der Waals surface area contributed by atoms with Gasteiger partial charge in [-0.05, 0) is 18.8 Å². The van der Waals surface area contributed by atoms with Gasteiger partial charge < -0.3 is 4.74 Å². The number of esters is 1. The molecule has 0 aliphatic carbocycles. The van der Waals surface area contributed by atoms with E-state index in [4.69, 9.17) is 4.74 Å². The Labute approximate surface area is 184 Å². The van der Waals surface area contributed by atoms with Crippen molar-refractivity contribution in [1.29, 1.82) is 0 Å².